The van der Waals surface area contributed by atoms with Crippen LogP contribution in [0.3, 0.4) is 0 Å². The highest BCUT2D eigenvalue weighted by molar-refractivity contribution is 7.99. The van der Waals surface area contributed by atoms with E-state index in [4.69, 9.17) is 0 Å². The van der Waals surface area contributed by atoms with E-state index in [0.717, 1.165) is 17.5 Å². The molecule has 0 bridgehead atoms. The molecule has 0 fully saturated rings. The predicted octanol–water partition coefficient (Wildman–Crippen LogP) is 2.10. The molecule has 0 radical (unpaired) electrons. The number of imidazole rings is 1. The fraction of sp³-hybridized carbons (Fsp3) is 0.308. The summed E-state index contributed by atoms with van der Waals surface area (Å²) in [4.78, 5) is 19.6. The molecule has 0 saturated heterocycles. The van der Waals surface area contributed by atoms with E-state index in [1.165, 1.54) is 0 Å². The number of thioether (sulfide) groups is 1. The average Bonchev–Trinajstić information content (AvgIpc) is 2.90. The molecule has 0 saturated carbocycles. The summed E-state index contributed by atoms with van der Waals surface area (Å²) in [5.41, 5.74) is 0.823. The van der Waals surface area contributed by atoms with Crippen LogP contribution in [0.15, 0.2) is 41.9 Å². The first-order valence-corrected chi connectivity index (χ1v) is 7.30. The van der Waals surface area contributed by atoms with Crippen molar-refractivity contribution in [3.05, 3.63) is 42.5 Å². The molecule has 118 valence electrons. The number of alkyl halides is 3. The molecule has 2 aromatic rings. The van der Waals surface area contributed by atoms with Gasteiger partial charge in [0.05, 0.1) is 18.0 Å². The molecule has 0 atom stereocenters. The first-order valence-electron chi connectivity index (χ1n) is 6.31. The van der Waals surface area contributed by atoms with Gasteiger partial charge in [0, 0.05) is 18.6 Å². The number of hydrogen-bond donors (Lipinski definition) is 1. The summed E-state index contributed by atoms with van der Waals surface area (Å²) in [6, 6.07) is 5.51. The summed E-state index contributed by atoms with van der Waals surface area (Å²) < 4.78 is 37.8. The van der Waals surface area contributed by atoms with Gasteiger partial charge in [0.2, 0.25) is 5.91 Å². The van der Waals surface area contributed by atoms with E-state index in [-0.39, 0.29) is 5.75 Å². The SMILES string of the molecule is O=C(CSc1nccn1Cc1ccccn1)NCC(F)(F)F. The Hall–Kier alpha value is -2.03. The molecule has 2 aromatic heterocycles. The molecule has 0 aromatic carbocycles. The second kappa shape index (κ2) is 7.30. The van der Waals surface area contributed by atoms with Gasteiger partial charge in [0.1, 0.15) is 6.54 Å². The van der Waals surface area contributed by atoms with Crippen LogP contribution < -0.4 is 5.32 Å². The van der Waals surface area contributed by atoms with Gasteiger partial charge in [0.15, 0.2) is 5.16 Å². The number of hydrogen-bond acceptors (Lipinski definition) is 4. The third-order valence-corrected chi connectivity index (χ3v) is 3.56. The van der Waals surface area contributed by atoms with E-state index in [0.29, 0.717) is 11.7 Å². The molecule has 5 nitrogen and oxygen atoms in total. The van der Waals surface area contributed by atoms with Crippen LogP contribution in [0.2, 0.25) is 0 Å². The lowest BCUT2D eigenvalue weighted by molar-refractivity contribution is -0.136. The van der Waals surface area contributed by atoms with E-state index >= 15 is 0 Å². The molecule has 0 unspecified atom stereocenters. The number of nitrogens with zero attached hydrogens (tertiary/aromatic N) is 3. The highest BCUT2D eigenvalue weighted by atomic mass is 32.2. The highest BCUT2D eigenvalue weighted by Gasteiger charge is 2.27. The van der Waals surface area contributed by atoms with E-state index in [1.807, 2.05) is 17.4 Å². The number of amides is 1. The molecular weight excluding hydrogens is 317 g/mol. The topological polar surface area (TPSA) is 59.8 Å². The number of nitrogens with one attached hydrogen (secondary N) is 1. The van der Waals surface area contributed by atoms with Crippen LogP contribution in [-0.4, -0.2) is 38.9 Å². The van der Waals surface area contributed by atoms with Crippen molar-refractivity contribution in [3.63, 3.8) is 0 Å². The first kappa shape index (κ1) is 16.3. The summed E-state index contributed by atoms with van der Waals surface area (Å²) in [6.45, 7) is -0.845. The van der Waals surface area contributed by atoms with Crippen molar-refractivity contribution >= 4 is 17.7 Å². The Morgan fingerprint density at radius 3 is 2.77 bits per heavy atom. The molecule has 0 aliphatic carbocycles. The van der Waals surface area contributed by atoms with Gasteiger partial charge in [0.25, 0.3) is 0 Å². The fourth-order valence-corrected chi connectivity index (χ4v) is 2.39. The normalized spacial score (nSPS) is 11.4. The minimum Gasteiger partial charge on any atom is -0.346 e. The number of pyridine rings is 1. The zero-order valence-electron chi connectivity index (χ0n) is 11.4. The number of halogens is 3. The third kappa shape index (κ3) is 5.40. The second-order valence-electron chi connectivity index (χ2n) is 4.34. The third-order valence-electron chi connectivity index (χ3n) is 2.55. The standard InChI is InChI=1S/C13H13F3N4OS/c14-13(15,16)9-19-11(21)8-22-12-18-5-6-20(12)7-10-3-1-2-4-17-10/h1-6H,7-9H2,(H,19,21). The maximum absolute atomic E-state index is 12.0. The lowest BCUT2D eigenvalue weighted by Crippen LogP contribution is -2.34. The number of carbonyl (C=O) groups excluding carboxylic acids is 1. The van der Waals surface area contributed by atoms with Crippen molar-refractivity contribution in [2.75, 3.05) is 12.3 Å². The molecule has 0 spiro atoms. The average molecular weight is 330 g/mol. The van der Waals surface area contributed by atoms with Gasteiger partial charge in [-0.1, -0.05) is 17.8 Å². The molecular formula is C13H13F3N4OS. The Labute approximate surface area is 129 Å². The number of rotatable bonds is 6. The predicted molar refractivity (Wildman–Crippen MR) is 75.4 cm³/mol. The van der Waals surface area contributed by atoms with Crippen LogP contribution in [0.5, 0.6) is 0 Å². The summed E-state index contributed by atoms with van der Waals surface area (Å²) in [5.74, 6) is -0.815. The Bertz CT molecular complexity index is 615. The van der Waals surface area contributed by atoms with Crippen LogP contribution in [-0.2, 0) is 11.3 Å². The van der Waals surface area contributed by atoms with E-state index in [2.05, 4.69) is 9.97 Å². The van der Waals surface area contributed by atoms with Crippen molar-refractivity contribution in [3.8, 4) is 0 Å². The Morgan fingerprint density at radius 1 is 1.27 bits per heavy atom. The van der Waals surface area contributed by atoms with Gasteiger partial charge in [-0.15, -0.1) is 0 Å². The zero-order valence-corrected chi connectivity index (χ0v) is 12.2. The summed E-state index contributed by atoms with van der Waals surface area (Å²) in [7, 11) is 0. The lowest BCUT2D eigenvalue weighted by Gasteiger charge is -2.09. The van der Waals surface area contributed by atoms with E-state index in [1.54, 1.807) is 29.2 Å². The minimum absolute atomic E-state index is 0.130. The largest absolute Gasteiger partial charge is 0.405 e. The summed E-state index contributed by atoms with van der Waals surface area (Å²) >= 11 is 1.08. The van der Waals surface area contributed by atoms with E-state index in [9.17, 15) is 18.0 Å². The molecule has 2 heterocycles. The van der Waals surface area contributed by atoms with E-state index < -0.39 is 18.6 Å². The van der Waals surface area contributed by atoms with Gasteiger partial charge >= 0.3 is 6.18 Å². The Kier molecular flexibility index (Phi) is 5.42. The van der Waals surface area contributed by atoms with Crippen molar-refractivity contribution < 1.29 is 18.0 Å². The van der Waals surface area contributed by atoms with Crippen LogP contribution in [0.1, 0.15) is 5.69 Å². The van der Waals surface area contributed by atoms with Gasteiger partial charge in [-0.25, -0.2) is 4.98 Å². The van der Waals surface area contributed by atoms with Crippen LogP contribution in [0, 0.1) is 0 Å². The van der Waals surface area contributed by atoms with Crippen molar-refractivity contribution in [2.45, 2.75) is 17.9 Å². The van der Waals surface area contributed by atoms with Crippen molar-refractivity contribution in [1.29, 1.82) is 0 Å². The molecule has 0 aliphatic heterocycles. The zero-order chi connectivity index (χ0) is 16.0. The quantitative estimate of drug-likeness (QED) is 0.824. The van der Waals surface area contributed by atoms with Crippen molar-refractivity contribution in [1.82, 2.24) is 19.9 Å². The monoisotopic (exact) mass is 330 g/mol. The van der Waals surface area contributed by atoms with Crippen LogP contribution in [0.4, 0.5) is 13.2 Å². The van der Waals surface area contributed by atoms with Crippen LogP contribution >= 0.6 is 11.8 Å². The fourth-order valence-electron chi connectivity index (χ4n) is 1.60. The molecule has 1 amide bonds. The number of aromatic nitrogens is 3. The van der Waals surface area contributed by atoms with Gasteiger partial charge in [-0.05, 0) is 12.1 Å². The molecule has 9 heteroatoms. The van der Waals surface area contributed by atoms with Gasteiger partial charge in [-0.3, -0.25) is 9.78 Å². The number of carbonyl (C=O) groups is 1. The van der Waals surface area contributed by atoms with Gasteiger partial charge in [-0.2, -0.15) is 13.2 Å². The lowest BCUT2D eigenvalue weighted by atomic mass is 10.3. The molecule has 2 rings (SSSR count). The van der Waals surface area contributed by atoms with Gasteiger partial charge < -0.3 is 9.88 Å². The first-order chi connectivity index (χ1) is 10.4. The van der Waals surface area contributed by atoms with Crippen molar-refractivity contribution in [2.24, 2.45) is 0 Å². The Balaban J connectivity index is 1.86. The maximum Gasteiger partial charge on any atom is 0.405 e. The second-order valence-corrected chi connectivity index (χ2v) is 5.28. The molecule has 1 N–H and O–H groups in total. The molecule has 0 aliphatic rings. The highest BCUT2D eigenvalue weighted by Crippen LogP contribution is 2.17. The maximum atomic E-state index is 12.0. The summed E-state index contributed by atoms with van der Waals surface area (Å²) in [5, 5.41) is 2.37. The smallest absolute Gasteiger partial charge is 0.346 e. The van der Waals surface area contributed by atoms with Crippen LogP contribution in [0.25, 0.3) is 0 Å². The summed E-state index contributed by atoms with van der Waals surface area (Å²) in [6.07, 6.45) is 0.560. The Morgan fingerprint density at radius 2 is 2.09 bits per heavy atom. The molecule has 22 heavy (non-hydrogen) atoms. The minimum atomic E-state index is -4.40.